The number of carboxylic acids is 3. The van der Waals surface area contributed by atoms with E-state index in [2.05, 4.69) is 5.32 Å². The monoisotopic (exact) mass is 500 g/mol. The topological polar surface area (TPSA) is 161 Å². The molecule has 0 saturated heterocycles. The summed E-state index contributed by atoms with van der Waals surface area (Å²) >= 11 is 0. The first-order valence-electron chi connectivity index (χ1n) is 11.7. The first-order chi connectivity index (χ1) is 15.5. The molecule has 1 amide bonds. The number of amides is 1. The van der Waals surface area contributed by atoms with E-state index in [1.807, 2.05) is 41.5 Å². The van der Waals surface area contributed by atoms with Gasteiger partial charge in [-0.3, -0.25) is 28.9 Å². The van der Waals surface area contributed by atoms with Crippen molar-refractivity contribution in [1.82, 2.24) is 10.2 Å². The molecule has 35 heavy (non-hydrogen) atoms. The van der Waals surface area contributed by atoms with E-state index in [0.717, 1.165) is 4.90 Å². The summed E-state index contributed by atoms with van der Waals surface area (Å²) < 4.78 is 0. The quantitative estimate of drug-likeness (QED) is 0.250. The van der Waals surface area contributed by atoms with Crippen molar-refractivity contribution in [2.75, 3.05) is 19.6 Å². The Bertz CT molecular complexity index is 798. The van der Waals surface area contributed by atoms with Gasteiger partial charge in [-0.15, -0.1) is 0 Å². The van der Waals surface area contributed by atoms with Gasteiger partial charge in [-0.05, 0) is 37.0 Å². The van der Waals surface area contributed by atoms with Crippen molar-refractivity contribution in [3.8, 4) is 0 Å². The molecule has 0 aromatic carbocycles. The second kappa shape index (κ2) is 12.0. The molecule has 0 rings (SSSR count). The maximum absolute atomic E-state index is 12.9. The van der Waals surface area contributed by atoms with Gasteiger partial charge in [0.25, 0.3) is 0 Å². The van der Waals surface area contributed by atoms with Gasteiger partial charge in [-0.1, -0.05) is 55.4 Å². The minimum atomic E-state index is -1.37. The number of Topliss-reactive ketones (excluding diaryl/α,β-unsaturated/α-hetero) is 1. The Balaban J connectivity index is 5.49. The van der Waals surface area contributed by atoms with Crippen molar-refractivity contribution in [1.29, 1.82) is 0 Å². The van der Waals surface area contributed by atoms with E-state index in [-0.39, 0.29) is 24.7 Å². The number of nitrogens with zero attached hydrogens (tertiary/aromatic N) is 1. The van der Waals surface area contributed by atoms with Crippen LogP contribution in [0.15, 0.2) is 0 Å². The van der Waals surface area contributed by atoms with Gasteiger partial charge < -0.3 is 20.6 Å². The average molecular weight is 501 g/mol. The molecule has 0 spiro atoms. The third-order valence-corrected chi connectivity index (χ3v) is 6.62. The van der Waals surface area contributed by atoms with Crippen LogP contribution in [-0.4, -0.2) is 75.5 Å². The zero-order chi connectivity index (χ0) is 28.0. The van der Waals surface area contributed by atoms with Crippen LogP contribution in [0.3, 0.4) is 0 Å². The van der Waals surface area contributed by atoms with Crippen LogP contribution in [0.1, 0.15) is 81.6 Å². The number of carbonyl (C=O) groups excluding carboxylic acids is 2. The molecule has 0 fully saturated rings. The highest BCUT2D eigenvalue weighted by atomic mass is 16.4. The van der Waals surface area contributed by atoms with Crippen molar-refractivity contribution in [3.05, 3.63) is 0 Å². The number of carbonyl (C=O) groups is 5. The normalized spacial score (nSPS) is 13.9. The van der Waals surface area contributed by atoms with Crippen LogP contribution in [0, 0.1) is 21.7 Å². The molecule has 0 saturated carbocycles. The highest BCUT2D eigenvalue weighted by Crippen LogP contribution is 2.39. The van der Waals surface area contributed by atoms with Crippen LogP contribution in [0.5, 0.6) is 0 Å². The van der Waals surface area contributed by atoms with Crippen LogP contribution < -0.4 is 5.32 Å². The summed E-state index contributed by atoms with van der Waals surface area (Å²) in [6.07, 6.45) is 1.34. The number of carboxylic acid groups (broad SMARTS) is 3. The zero-order valence-corrected chi connectivity index (χ0v) is 22.7. The van der Waals surface area contributed by atoms with Crippen molar-refractivity contribution >= 4 is 29.6 Å². The maximum Gasteiger partial charge on any atom is 0.321 e. The number of rotatable bonds is 16. The van der Waals surface area contributed by atoms with E-state index in [1.54, 1.807) is 13.8 Å². The largest absolute Gasteiger partial charge is 0.480 e. The van der Waals surface area contributed by atoms with Gasteiger partial charge >= 0.3 is 17.9 Å². The lowest BCUT2D eigenvalue weighted by molar-refractivity contribution is -0.154. The minimum absolute atomic E-state index is 0.0601. The van der Waals surface area contributed by atoms with Gasteiger partial charge in [-0.2, -0.15) is 0 Å². The lowest BCUT2D eigenvalue weighted by Crippen LogP contribution is -2.55. The van der Waals surface area contributed by atoms with Crippen LogP contribution in [0.25, 0.3) is 0 Å². The first kappa shape index (κ1) is 32.5. The predicted molar refractivity (Wildman–Crippen MR) is 131 cm³/mol. The fraction of sp³-hybridized carbons (Fsp3) is 0.800. The third kappa shape index (κ3) is 10.8. The standard InChI is InChI=1S/C25H44N2O8/c1-16(28)23(4,5)10-11-24(6,7)21(35)26-15-22(2,3)14-25(8,9)19(20(33)34)27(12-17(29)30)13-18(31)32/h19H,10-15H2,1-9H3,(H,26,35)(H,29,30)(H,31,32)(H,33,34). The molecule has 1 unspecified atom stereocenters. The van der Waals surface area contributed by atoms with E-state index >= 15 is 0 Å². The van der Waals surface area contributed by atoms with Crippen molar-refractivity contribution in [2.24, 2.45) is 21.7 Å². The summed E-state index contributed by atoms with van der Waals surface area (Å²) in [4.78, 5) is 60.3. The highest BCUT2D eigenvalue weighted by Gasteiger charge is 2.44. The Kier molecular flexibility index (Phi) is 11.1. The smallest absolute Gasteiger partial charge is 0.321 e. The van der Waals surface area contributed by atoms with E-state index in [0.29, 0.717) is 12.8 Å². The molecule has 0 aliphatic heterocycles. The number of ketones is 1. The number of hydrogen-bond acceptors (Lipinski definition) is 6. The van der Waals surface area contributed by atoms with Gasteiger partial charge in [0.15, 0.2) is 0 Å². The number of aliphatic carboxylic acids is 3. The molecular weight excluding hydrogens is 456 g/mol. The van der Waals surface area contributed by atoms with Crippen molar-refractivity contribution in [2.45, 2.75) is 87.6 Å². The fourth-order valence-corrected chi connectivity index (χ4v) is 4.44. The Morgan fingerprint density at radius 3 is 1.57 bits per heavy atom. The second-order valence-electron chi connectivity index (χ2n) is 12.3. The van der Waals surface area contributed by atoms with Crippen LogP contribution in [0.4, 0.5) is 0 Å². The molecule has 0 aliphatic carbocycles. The van der Waals surface area contributed by atoms with Gasteiger partial charge in [-0.25, -0.2) is 0 Å². The molecule has 0 aromatic rings. The molecule has 0 heterocycles. The molecule has 10 nitrogen and oxygen atoms in total. The zero-order valence-electron chi connectivity index (χ0n) is 22.7. The Hall–Kier alpha value is -2.49. The maximum atomic E-state index is 12.9. The van der Waals surface area contributed by atoms with Crippen molar-refractivity contribution in [3.63, 3.8) is 0 Å². The molecule has 0 bridgehead atoms. The number of nitrogens with one attached hydrogen (secondary N) is 1. The highest BCUT2D eigenvalue weighted by molar-refractivity contribution is 5.83. The molecule has 0 radical (unpaired) electrons. The molecule has 10 heteroatoms. The van der Waals surface area contributed by atoms with Crippen LogP contribution in [-0.2, 0) is 24.0 Å². The molecular formula is C25H44N2O8. The minimum Gasteiger partial charge on any atom is -0.480 e. The first-order valence-corrected chi connectivity index (χ1v) is 11.7. The van der Waals surface area contributed by atoms with Crippen LogP contribution >= 0.6 is 0 Å². The van der Waals surface area contributed by atoms with Gasteiger partial charge in [0.05, 0.1) is 13.1 Å². The molecule has 1 atom stereocenters. The van der Waals surface area contributed by atoms with E-state index in [4.69, 9.17) is 0 Å². The Morgan fingerprint density at radius 2 is 1.20 bits per heavy atom. The van der Waals surface area contributed by atoms with Gasteiger partial charge in [0.1, 0.15) is 11.8 Å². The summed E-state index contributed by atoms with van der Waals surface area (Å²) in [6.45, 7) is 14.7. The predicted octanol–water partition coefficient (Wildman–Crippen LogP) is 2.89. The summed E-state index contributed by atoms with van der Waals surface area (Å²) in [5, 5.41) is 31.2. The lowest BCUT2D eigenvalue weighted by Gasteiger charge is -2.42. The van der Waals surface area contributed by atoms with E-state index < -0.39 is 58.7 Å². The summed E-state index contributed by atoms with van der Waals surface area (Å²) in [6, 6.07) is -1.37. The Morgan fingerprint density at radius 1 is 0.771 bits per heavy atom. The average Bonchev–Trinajstić information content (AvgIpc) is 2.62. The SMILES string of the molecule is CC(=O)C(C)(C)CCC(C)(C)C(=O)NCC(C)(C)CC(C)(C)C(C(=O)O)N(CC(=O)O)CC(=O)O. The number of hydrogen-bond donors (Lipinski definition) is 4. The van der Waals surface area contributed by atoms with Crippen LogP contribution in [0.2, 0.25) is 0 Å². The van der Waals surface area contributed by atoms with E-state index in [1.165, 1.54) is 6.92 Å². The van der Waals surface area contributed by atoms with Gasteiger partial charge in [0, 0.05) is 17.4 Å². The summed E-state index contributed by atoms with van der Waals surface area (Å²) in [7, 11) is 0. The lowest BCUT2D eigenvalue weighted by atomic mass is 9.70. The molecule has 202 valence electrons. The van der Waals surface area contributed by atoms with Gasteiger partial charge in [0.2, 0.25) is 5.91 Å². The molecule has 4 N–H and O–H groups in total. The van der Waals surface area contributed by atoms with E-state index in [9.17, 15) is 39.3 Å². The summed E-state index contributed by atoms with van der Waals surface area (Å²) in [5.41, 5.74) is -2.85. The van der Waals surface area contributed by atoms with Crippen molar-refractivity contribution < 1.29 is 39.3 Å². The molecule has 0 aliphatic rings. The summed E-state index contributed by atoms with van der Waals surface area (Å²) in [5.74, 6) is -4.09. The fourth-order valence-electron chi connectivity index (χ4n) is 4.44. The Labute approximate surface area is 208 Å². The second-order valence-corrected chi connectivity index (χ2v) is 12.3. The third-order valence-electron chi connectivity index (χ3n) is 6.62. The molecule has 0 aromatic heterocycles.